The molecule has 0 saturated heterocycles. The maximum Gasteiger partial charge on any atom is 0.230 e. The number of carbonyl (C=O) groups is 1. The van der Waals surface area contributed by atoms with E-state index in [1.807, 2.05) is 0 Å². The molecule has 100 valence electrons. The standard InChI is InChI=1S/C13H25NO2S/c1-10(2)17-8-12(15)14-9-13(16)6-4-11(3)5-7-13/h10-11,16H,4-9H2,1-3H3,(H,14,15). The molecule has 0 spiro atoms. The summed E-state index contributed by atoms with van der Waals surface area (Å²) in [5.41, 5.74) is -0.662. The van der Waals surface area contributed by atoms with Crippen LogP contribution in [0.5, 0.6) is 0 Å². The average molecular weight is 259 g/mol. The van der Waals surface area contributed by atoms with Gasteiger partial charge in [-0.15, -0.1) is 11.8 Å². The first-order valence-corrected chi connectivity index (χ1v) is 7.57. The van der Waals surface area contributed by atoms with Crippen LogP contribution in [-0.4, -0.2) is 34.2 Å². The number of rotatable bonds is 5. The van der Waals surface area contributed by atoms with Gasteiger partial charge in [0.05, 0.1) is 11.4 Å². The molecule has 3 nitrogen and oxygen atoms in total. The third-order valence-electron chi connectivity index (χ3n) is 3.37. The van der Waals surface area contributed by atoms with Crippen LogP contribution in [0.25, 0.3) is 0 Å². The summed E-state index contributed by atoms with van der Waals surface area (Å²) in [6, 6.07) is 0. The van der Waals surface area contributed by atoms with Gasteiger partial charge in [-0.1, -0.05) is 20.8 Å². The van der Waals surface area contributed by atoms with Crippen molar-refractivity contribution in [3.8, 4) is 0 Å². The molecule has 4 heteroatoms. The third-order valence-corrected chi connectivity index (χ3v) is 4.46. The maximum absolute atomic E-state index is 11.6. The summed E-state index contributed by atoms with van der Waals surface area (Å²) in [6.45, 7) is 6.79. The lowest BCUT2D eigenvalue weighted by atomic mass is 9.79. The molecule has 1 aliphatic rings. The monoisotopic (exact) mass is 259 g/mol. The summed E-state index contributed by atoms with van der Waals surface area (Å²) in [6.07, 6.45) is 3.75. The fraction of sp³-hybridized carbons (Fsp3) is 0.923. The van der Waals surface area contributed by atoms with Gasteiger partial charge in [0, 0.05) is 6.54 Å². The van der Waals surface area contributed by atoms with Crippen LogP contribution in [0.4, 0.5) is 0 Å². The van der Waals surface area contributed by atoms with Crippen LogP contribution in [0.1, 0.15) is 46.5 Å². The summed E-state index contributed by atoms with van der Waals surface area (Å²) >= 11 is 1.63. The van der Waals surface area contributed by atoms with Gasteiger partial charge >= 0.3 is 0 Å². The number of aliphatic hydroxyl groups is 1. The van der Waals surface area contributed by atoms with Crippen molar-refractivity contribution in [2.75, 3.05) is 12.3 Å². The lowest BCUT2D eigenvalue weighted by molar-refractivity contribution is -0.120. The lowest BCUT2D eigenvalue weighted by Crippen LogP contribution is -2.45. The first kappa shape index (κ1) is 14.8. The molecule has 0 bridgehead atoms. The van der Waals surface area contributed by atoms with Crippen LogP contribution in [0, 0.1) is 5.92 Å². The van der Waals surface area contributed by atoms with Crippen LogP contribution in [0.15, 0.2) is 0 Å². The Hall–Kier alpha value is -0.220. The highest BCUT2D eigenvalue weighted by Gasteiger charge is 2.31. The van der Waals surface area contributed by atoms with E-state index in [4.69, 9.17) is 0 Å². The van der Waals surface area contributed by atoms with Crippen LogP contribution in [0.2, 0.25) is 0 Å². The number of amides is 1. The van der Waals surface area contributed by atoms with Crippen LogP contribution in [0.3, 0.4) is 0 Å². The van der Waals surface area contributed by atoms with Crippen molar-refractivity contribution in [2.45, 2.75) is 57.3 Å². The molecule has 17 heavy (non-hydrogen) atoms. The van der Waals surface area contributed by atoms with Crippen molar-refractivity contribution in [1.82, 2.24) is 5.32 Å². The number of carbonyl (C=O) groups excluding carboxylic acids is 1. The quantitative estimate of drug-likeness (QED) is 0.795. The first-order chi connectivity index (χ1) is 7.91. The second kappa shape index (κ2) is 6.64. The lowest BCUT2D eigenvalue weighted by Gasteiger charge is -2.34. The molecule has 0 aromatic carbocycles. The smallest absolute Gasteiger partial charge is 0.230 e. The zero-order valence-electron chi connectivity index (χ0n) is 11.2. The van der Waals surface area contributed by atoms with E-state index in [0.29, 0.717) is 23.5 Å². The molecule has 0 heterocycles. The number of hydrogen-bond acceptors (Lipinski definition) is 3. The first-order valence-electron chi connectivity index (χ1n) is 6.52. The Balaban J connectivity index is 2.23. The summed E-state index contributed by atoms with van der Waals surface area (Å²) < 4.78 is 0. The predicted molar refractivity (Wildman–Crippen MR) is 73.2 cm³/mol. The van der Waals surface area contributed by atoms with Crippen LogP contribution < -0.4 is 5.32 Å². The molecule has 0 aromatic heterocycles. The summed E-state index contributed by atoms with van der Waals surface area (Å²) in [4.78, 5) is 11.6. The Bertz CT molecular complexity index is 248. The highest BCUT2D eigenvalue weighted by atomic mass is 32.2. The summed E-state index contributed by atoms with van der Waals surface area (Å²) in [7, 11) is 0. The maximum atomic E-state index is 11.6. The van der Waals surface area contributed by atoms with Gasteiger partial charge in [0.1, 0.15) is 0 Å². The Morgan fingerprint density at radius 2 is 2.06 bits per heavy atom. The normalized spacial score (nSPS) is 29.4. The Labute approximate surface area is 109 Å². The van der Waals surface area contributed by atoms with Gasteiger partial charge in [-0.2, -0.15) is 0 Å². The zero-order chi connectivity index (χ0) is 12.9. The van der Waals surface area contributed by atoms with Crippen molar-refractivity contribution >= 4 is 17.7 Å². The molecular formula is C13H25NO2S. The summed E-state index contributed by atoms with van der Waals surface area (Å²) in [5, 5.41) is 13.6. The topological polar surface area (TPSA) is 49.3 Å². The number of hydrogen-bond donors (Lipinski definition) is 2. The highest BCUT2D eigenvalue weighted by Crippen LogP contribution is 2.31. The fourth-order valence-electron chi connectivity index (χ4n) is 2.03. The molecular weight excluding hydrogens is 234 g/mol. The van der Waals surface area contributed by atoms with Crippen molar-refractivity contribution in [2.24, 2.45) is 5.92 Å². The van der Waals surface area contributed by atoms with Crippen molar-refractivity contribution in [3.63, 3.8) is 0 Å². The highest BCUT2D eigenvalue weighted by molar-refractivity contribution is 8.00. The fourth-order valence-corrected chi connectivity index (χ4v) is 2.62. The van der Waals surface area contributed by atoms with E-state index < -0.39 is 5.60 Å². The van der Waals surface area contributed by atoms with Crippen molar-refractivity contribution in [1.29, 1.82) is 0 Å². The molecule has 2 N–H and O–H groups in total. The molecule has 1 amide bonds. The predicted octanol–water partition coefficient (Wildman–Crippen LogP) is 2.19. The van der Waals surface area contributed by atoms with Crippen molar-refractivity contribution < 1.29 is 9.90 Å². The molecule has 1 fully saturated rings. The Kier molecular flexibility index (Phi) is 5.80. The molecule has 0 aromatic rings. The van der Waals surface area contributed by atoms with Gasteiger partial charge in [-0.3, -0.25) is 4.79 Å². The van der Waals surface area contributed by atoms with Gasteiger partial charge in [-0.05, 0) is 36.9 Å². The zero-order valence-corrected chi connectivity index (χ0v) is 12.0. The molecule has 1 saturated carbocycles. The number of nitrogens with one attached hydrogen (secondary N) is 1. The second-order valence-electron chi connectivity index (χ2n) is 5.54. The molecule has 0 aliphatic heterocycles. The van der Waals surface area contributed by atoms with E-state index in [9.17, 15) is 9.90 Å². The van der Waals surface area contributed by atoms with E-state index in [0.717, 1.165) is 25.7 Å². The van der Waals surface area contributed by atoms with E-state index in [1.54, 1.807) is 11.8 Å². The van der Waals surface area contributed by atoms with Gasteiger partial charge in [0.25, 0.3) is 0 Å². The van der Waals surface area contributed by atoms with Gasteiger partial charge in [0.2, 0.25) is 5.91 Å². The van der Waals surface area contributed by atoms with Gasteiger partial charge in [0.15, 0.2) is 0 Å². The molecule has 0 radical (unpaired) electrons. The second-order valence-corrected chi connectivity index (χ2v) is 7.11. The number of thioether (sulfide) groups is 1. The van der Waals surface area contributed by atoms with Crippen LogP contribution in [-0.2, 0) is 4.79 Å². The van der Waals surface area contributed by atoms with Crippen molar-refractivity contribution in [3.05, 3.63) is 0 Å². The molecule has 1 aliphatic carbocycles. The van der Waals surface area contributed by atoms with E-state index in [-0.39, 0.29) is 5.91 Å². The van der Waals surface area contributed by atoms with Gasteiger partial charge < -0.3 is 10.4 Å². The minimum absolute atomic E-state index is 0.0377. The Morgan fingerprint density at radius 1 is 1.47 bits per heavy atom. The van der Waals surface area contributed by atoms with Crippen LogP contribution >= 0.6 is 11.8 Å². The third kappa shape index (κ3) is 5.77. The van der Waals surface area contributed by atoms with E-state index >= 15 is 0 Å². The SMILES string of the molecule is CC1CCC(O)(CNC(=O)CSC(C)C)CC1. The average Bonchev–Trinajstić information content (AvgIpc) is 2.28. The molecule has 0 atom stereocenters. The largest absolute Gasteiger partial charge is 0.388 e. The van der Waals surface area contributed by atoms with E-state index in [2.05, 4.69) is 26.1 Å². The molecule has 0 unspecified atom stereocenters. The minimum atomic E-state index is -0.662. The summed E-state index contributed by atoms with van der Waals surface area (Å²) in [5.74, 6) is 1.24. The molecule has 1 rings (SSSR count). The minimum Gasteiger partial charge on any atom is -0.388 e. The van der Waals surface area contributed by atoms with Gasteiger partial charge in [-0.25, -0.2) is 0 Å². The van der Waals surface area contributed by atoms with E-state index in [1.165, 1.54) is 0 Å². The Morgan fingerprint density at radius 3 is 2.59 bits per heavy atom.